The smallest absolute Gasteiger partial charge is 0.196 e. The standard InChI is InChI=1S/C29H38O3.CH4/c1-5-29(22(2)3)26-12-9-13-28(19-16-26)32-23(4)30-20-21-31-27-17-14-25(15-18-27)24-10-7-6-8-11-24;/h6-8,10-11,14-19,22-23,29H,5,9,12-13,20-21H2,1-4H3;1H4. The summed E-state index contributed by atoms with van der Waals surface area (Å²) in [7, 11) is 0. The van der Waals surface area contributed by atoms with Crippen LogP contribution in [0.25, 0.3) is 11.1 Å². The lowest BCUT2D eigenvalue weighted by molar-refractivity contribution is -0.110. The van der Waals surface area contributed by atoms with Crippen LogP contribution in [0.5, 0.6) is 5.75 Å². The Morgan fingerprint density at radius 2 is 1.52 bits per heavy atom. The summed E-state index contributed by atoms with van der Waals surface area (Å²) < 4.78 is 17.7. The Labute approximate surface area is 201 Å². The van der Waals surface area contributed by atoms with Crippen molar-refractivity contribution in [1.82, 2.24) is 0 Å². The molecule has 0 radical (unpaired) electrons. The predicted molar refractivity (Wildman–Crippen MR) is 139 cm³/mol. The number of allylic oxidation sites excluding steroid dienone is 4. The summed E-state index contributed by atoms with van der Waals surface area (Å²) >= 11 is 0. The Morgan fingerprint density at radius 3 is 2.18 bits per heavy atom. The molecule has 3 nitrogen and oxygen atoms in total. The Balaban J connectivity index is 0.00000385. The molecule has 33 heavy (non-hydrogen) atoms. The molecule has 0 spiro atoms. The van der Waals surface area contributed by atoms with Gasteiger partial charge in [-0.1, -0.05) is 82.3 Å². The second-order valence-electron chi connectivity index (χ2n) is 8.78. The second-order valence-corrected chi connectivity index (χ2v) is 8.78. The molecule has 0 fully saturated rings. The molecular formula is C30H42O3. The third-order valence-electron chi connectivity index (χ3n) is 6.08. The molecule has 2 aromatic rings. The summed E-state index contributed by atoms with van der Waals surface area (Å²) in [5.74, 6) is 3.21. The largest absolute Gasteiger partial charge is 0.491 e. The first-order valence-electron chi connectivity index (χ1n) is 12.0. The summed E-state index contributed by atoms with van der Waals surface area (Å²) in [6.45, 7) is 9.85. The minimum Gasteiger partial charge on any atom is -0.491 e. The molecule has 0 aliphatic heterocycles. The first-order valence-corrected chi connectivity index (χ1v) is 12.0. The van der Waals surface area contributed by atoms with Crippen molar-refractivity contribution < 1.29 is 14.2 Å². The first-order chi connectivity index (χ1) is 15.6. The fourth-order valence-electron chi connectivity index (χ4n) is 4.40. The molecular weight excluding hydrogens is 408 g/mol. The molecule has 1 aliphatic carbocycles. The van der Waals surface area contributed by atoms with Gasteiger partial charge in [-0.15, -0.1) is 0 Å². The van der Waals surface area contributed by atoms with Crippen molar-refractivity contribution in [2.45, 2.75) is 67.1 Å². The SMILES string of the molecule is C.CCC(C1=CC=C(OC(C)OCCOc2ccc(-c3ccccc3)cc2)CCC1)C(C)C. The summed E-state index contributed by atoms with van der Waals surface area (Å²) in [5.41, 5.74) is 3.95. The molecule has 2 unspecified atom stereocenters. The quantitative estimate of drug-likeness (QED) is 0.254. The van der Waals surface area contributed by atoms with Crippen LogP contribution in [-0.4, -0.2) is 19.5 Å². The maximum atomic E-state index is 6.05. The van der Waals surface area contributed by atoms with E-state index in [0.29, 0.717) is 25.0 Å². The fraction of sp³-hybridized carbons (Fsp3) is 0.467. The number of hydrogen-bond acceptors (Lipinski definition) is 3. The van der Waals surface area contributed by atoms with Crippen molar-refractivity contribution in [3.63, 3.8) is 0 Å². The van der Waals surface area contributed by atoms with Crippen LogP contribution in [0, 0.1) is 11.8 Å². The van der Waals surface area contributed by atoms with Crippen molar-refractivity contribution in [2.24, 2.45) is 11.8 Å². The van der Waals surface area contributed by atoms with Gasteiger partial charge in [-0.3, -0.25) is 0 Å². The van der Waals surface area contributed by atoms with Gasteiger partial charge in [0, 0.05) is 6.42 Å². The minimum absolute atomic E-state index is 0. The molecule has 1 aliphatic rings. The average Bonchev–Trinajstić information content (AvgIpc) is 3.03. The van der Waals surface area contributed by atoms with Crippen molar-refractivity contribution >= 4 is 0 Å². The van der Waals surface area contributed by atoms with Crippen molar-refractivity contribution in [2.75, 3.05) is 13.2 Å². The van der Waals surface area contributed by atoms with Crippen molar-refractivity contribution in [3.05, 3.63) is 78.1 Å². The van der Waals surface area contributed by atoms with E-state index in [4.69, 9.17) is 14.2 Å². The van der Waals surface area contributed by atoms with Gasteiger partial charge in [-0.05, 0) is 67.4 Å². The van der Waals surface area contributed by atoms with Crippen molar-refractivity contribution in [1.29, 1.82) is 0 Å². The van der Waals surface area contributed by atoms with Gasteiger partial charge in [0.1, 0.15) is 12.4 Å². The fourth-order valence-corrected chi connectivity index (χ4v) is 4.40. The monoisotopic (exact) mass is 450 g/mol. The molecule has 3 rings (SSSR count). The van der Waals surface area contributed by atoms with E-state index in [2.05, 4.69) is 57.2 Å². The van der Waals surface area contributed by atoms with E-state index in [1.165, 1.54) is 17.5 Å². The third-order valence-corrected chi connectivity index (χ3v) is 6.08. The molecule has 0 N–H and O–H groups in total. The van der Waals surface area contributed by atoms with Crippen molar-refractivity contribution in [3.8, 4) is 16.9 Å². The van der Waals surface area contributed by atoms with Gasteiger partial charge in [0.05, 0.1) is 12.4 Å². The number of hydrogen-bond donors (Lipinski definition) is 0. The van der Waals surface area contributed by atoms with Gasteiger partial charge in [0.25, 0.3) is 0 Å². The predicted octanol–water partition coefficient (Wildman–Crippen LogP) is 8.42. The Kier molecular flexibility index (Phi) is 11.3. The Bertz CT molecular complexity index is 865. The van der Waals surface area contributed by atoms with E-state index >= 15 is 0 Å². The maximum Gasteiger partial charge on any atom is 0.196 e. The molecule has 0 heterocycles. The zero-order valence-electron chi connectivity index (χ0n) is 20.1. The highest BCUT2D eigenvalue weighted by atomic mass is 16.7. The van der Waals surface area contributed by atoms with E-state index in [1.54, 1.807) is 5.57 Å². The van der Waals surface area contributed by atoms with Crippen LogP contribution >= 0.6 is 0 Å². The topological polar surface area (TPSA) is 27.7 Å². The molecule has 180 valence electrons. The van der Waals surface area contributed by atoms with Gasteiger partial charge in [0.2, 0.25) is 0 Å². The van der Waals surface area contributed by atoms with Crippen LogP contribution in [0.3, 0.4) is 0 Å². The third kappa shape index (κ3) is 8.40. The van der Waals surface area contributed by atoms with Gasteiger partial charge >= 0.3 is 0 Å². The second kappa shape index (κ2) is 13.9. The molecule has 0 saturated heterocycles. The lowest BCUT2D eigenvalue weighted by atomic mass is 9.84. The van der Waals surface area contributed by atoms with E-state index in [0.717, 1.165) is 30.8 Å². The van der Waals surface area contributed by atoms with E-state index in [1.807, 2.05) is 37.3 Å². The van der Waals surface area contributed by atoms with Gasteiger partial charge in [-0.2, -0.15) is 0 Å². The average molecular weight is 451 g/mol. The normalized spacial score (nSPS) is 15.5. The van der Waals surface area contributed by atoms with E-state index < -0.39 is 0 Å². The lowest BCUT2D eigenvalue weighted by Gasteiger charge is -2.22. The van der Waals surface area contributed by atoms with Gasteiger partial charge in [-0.25, -0.2) is 0 Å². The van der Waals surface area contributed by atoms with Crippen LogP contribution < -0.4 is 4.74 Å². The molecule has 0 aromatic heterocycles. The van der Waals surface area contributed by atoms with Crippen LogP contribution in [0.4, 0.5) is 0 Å². The Hall–Kier alpha value is -2.52. The first kappa shape index (κ1) is 26.7. The van der Waals surface area contributed by atoms with Crippen LogP contribution in [-0.2, 0) is 9.47 Å². The molecule has 3 heteroatoms. The highest BCUT2D eigenvalue weighted by Gasteiger charge is 2.18. The van der Waals surface area contributed by atoms with Crippen LogP contribution in [0.1, 0.15) is 60.8 Å². The molecule has 0 saturated carbocycles. The summed E-state index contributed by atoms with van der Waals surface area (Å²) in [6.07, 6.45) is 8.60. The minimum atomic E-state index is -0.285. The zero-order chi connectivity index (χ0) is 22.8. The van der Waals surface area contributed by atoms with Crippen LogP contribution in [0.15, 0.2) is 78.1 Å². The summed E-state index contributed by atoms with van der Waals surface area (Å²) in [4.78, 5) is 0. The highest BCUT2D eigenvalue weighted by molar-refractivity contribution is 5.63. The van der Waals surface area contributed by atoms with E-state index in [-0.39, 0.29) is 13.7 Å². The zero-order valence-corrected chi connectivity index (χ0v) is 20.1. The Morgan fingerprint density at radius 1 is 0.818 bits per heavy atom. The van der Waals surface area contributed by atoms with Gasteiger partial charge in [0.15, 0.2) is 6.29 Å². The molecule has 2 atom stereocenters. The number of benzene rings is 2. The maximum absolute atomic E-state index is 6.05. The van der Waals surface area contributed by atoms with Gasteiger partial charge < -0.3 is 14.2 Å². The number of ether oxygens (including phenoxy) is 3. The molecule has 0 amide bonds. The molecule has 2 aromatic carbocycles. The number of rotatable bonds is 11. The van der Waals surface area contributed by atoms with Crippen LogP contribution in [0.2, 0.25) is 0 Å². The summed E-state index contributed by atoms with van der Waals surface area (Å²) in [5, 5.41) is 0. The van der Waals surface area contributed by atoms with E-state index in [9.17, 15) is 0 Å². The molecule has 0 bridgehead atoms. The summed E-state index contributed by atoms with van der Waals surface area (Å²) in [6, 6.07) is 18.5. The highest BCUT2D eigenvalue weighted by Crippen LogP contribution is 2.31. The lowest BCUT2D eigenvalue weighted by Crippen LogP contribution is -2.17.